The van der Waals surface area contributed by atoms with Crippen LogP contribution in [0.4, 0.5) is 0 Å². The van der Waals surface area contributed by atoms with E-state index in [0.29, 0.717) is 5.56 Å². The molecule has 1 N–H and O–H groups in total. The van der Waals surface area contributed by atoms with Gasteiger partial charge in [-0.2, -0.15) is 10.5 Å². The monoisotopic (exact) mass is 321 g/mol. The van der Waals surface area contributed by atoms with Gasteiger partial charge < -0.3 is 4.98 Å². The van der Waals surface area contributed by atoms with Gasteiger partial charge >= 0.3 is 0 Å². The Morgan fingerprint density at radius 2 is 1.74 bits per heavy atom. The van der Waals surface area contributed by atoms with E-state index in [2.05, 4.69) is 17.1 Å². The first-order chi connectivity index (χ1) is 11.2. The van der Waals surface area contributed by atoms with Crippen molar-refractivity contribution >= 4 is 11.8 Å². The summed E-state index contributed by atoms with van der Waals surface area (Å²) in [5, 5.41) is 18.9. The Hall–Kier alpha value is -2.50. The van der Waals surface area contributed by atoms with E-state index in [-0.39, 0.29) is 11.1 Å². The minimum absolute atomic E-state index is 0.280. The summed E-state index contributed by atoms with van der Waals surface area (Å²) in [5.41, 5.74) is 3.81. The zero-order chi connectivity index (χ0) is 16.2. The maximum Gasteiger partial charge on any atom is 0.267 e. The molecule has 5 heteroatoms. The summed E-state index contributed by atoms with van der Waals surface area (Å²) in [6, 6.07) is 11.6. The van der Waals surface area contributed by atoms with Crippen molar-refractivity contribution in [3.05, 3.63) is 62.4 Å². The van der Waals surface area contributed by atoms with E-state index in [1.54, 1.807) is 23.9 Å². The molecule has 0 bridgehead atoms. The summed E-state index contributed by atoms with van der Waals surface area (Å²) in [4.78, 5) is 15.0. The van der Waals surface area contributed by atoms with Crippen molar-refractivity contribution in [3.8, 4) is 12.1 Å². The Balaban J connectivity index is 1.88. The SMILES string of the molecule is N#Cc1ccc(CSc2[nH]c(=O)c(C#N)c3c2CCCC3)cc1. The summed E-state index contributed by atoms with van der Waals surface area (Å²) >= 11 is 1.59. The van der Waals surface area contributed by atoms with E-state index in [0.717, 1.165) is 53.2 Å². The Kier molecular flexibility index (Phi) is 4.50. The molecule has 23 heavy (non-hydrogen) atoms. The topological polar surface area (TPSA) is 80.4 Å². The fourth-order valence-electron chi connectivity index (χ4n) is 2.88. The van der Waals surface area contributed by atoms with Gasteiger partial charge in [0.2, 0.25) is 0 Å². The first-order valence-electron chi connectivity index (χ1n) is 7.53. The Morgan fingerprint density at radius 1 is 1.04 bits per heavy atom. The number of hydrogen-bond acceptors (Lipinski definition) is 4. The van der Waals surface area contributed by atoms with Gasteiger partial charge in [0, 0.05) is 5.75 Å². The third-order valence-corrected chi connectivity index (χ3v) is 5.19. The minimum Gasteiger partial charge on any atom is -0.316 e. The lowest BCUT2D eigenvalue weighted by Gasteiger charge is -2.19. The van der Waals surface area contributed by atoms with E-state index in [9.17, 15) is 10.1 Å². The molecule has 2 aromatic rings. The van der Waals surface area contributed by atoms with Crippen LogP contribution in [0.15, 0.2) is 34.1 Å². The first kappa shape index (κ1) is 15.4. The molecule has 0 unspecified atom stereocenters. The fraction of sp³-hybridized carbons (Fsp3) is 0.278. The summed E-state index contributed by atoms with van der Waals surface area (Å²) < 4.78 is 0. The van der Waals surface area contributed by atoms with E-state index < -0.39 is 0 Å². The van der Waals surface area contributed by atoms with Crippen LogP contribution in [0, 0.1) is 22.7 Å². The van der Waals surface area contributed by atoms with Crippen molar-refractivity contribution in [2.24, 2.45) is 0 Å². The van der Waals surface area contributed by atoms with Crippen LogP contribution in [0.3, 0.4) is 0 Å². The normalized spacial score (nSPS) is 13.0. The lowest BCUT2D eigenvalue weighted by Crippen LogP contribution is -2.20. The van der Waals surface area contributed by atoms with Crippen molar-refractivity contribution in [2.45, 2.75) is 36.5 Å². The maximum absolute atomic E-state index is 12.1. The van der Waals surface area contributed by atoms with Crippen LogP contribution in [0.5, 0.6) is 0 Å². The van der Waals surface area contributed by atoms with Gasteiger partial charge in [-0.3, -0.25) is 4.79 Å². The molecule has 1 aromatic heterocycles. The third kappa shape index (κ3) is 3.16. The summed E-state index contributed by atoms with van der Waals surface area (Å²) in [6.45, 7) is 0. The molecule has 0 atom stereocenters. The van der Waals surface area contributed by atoms with Gasteiger partial charge in [-0.25, -0.2) is 0 Å². The molecule has 0 spiro atoms. The highest BCUT2D eigenvalue weighted by atomic mass is 32.2. The largest absolute Gasteiger partial charge is 0.316 e. The molecule has 3 rings (SSSR count). The molecular formula is C18H15N3OS. The van der Waals surface area contributed by atoms with Crippen molar-refractivity contribution in [2.75, 3.05) is 0 Å². The van der Waals surface area contributed by atoms with Crippen molar-refractivity contribution in [3.63, 3.8) is 0 Å². The van der Waals surface area contributed by atoms with E-state index in [4.69, 9.17) is 5.26 Å². The molecular weight excluding hydrogens is 306 g/mol. The lowest BCUT2D eigenvalue weighted by molar-refractivity contribution is 0.663. The lowest BCUT2D eigenvalue weighted by atomic mass is 9.90. The number of pyridine rings is 1. The molecule has 1 aliphatic rings. The average Bonchev–Trinajstić information content (AvgIpc) is 2.60. The number of benzene rings is 1. The van der Waals surface area contributed by atoms with Crippen LogP contribution in [0.1, 0.15) is 40.7 Å². The molecule has 0 saturated heterocycles. The number of fused-ring (bicyclic) bond motifs is 1. The van der Waals surface area contributed by atoms with Crippen LogP contribution in [-0.4, -0.2) is 4.98 Å². The Labute approximate surface area is 138 Å². The van der Waals surface area contributed by atoms with Crippen LogP contribution < -0.4 is 5.56 Å². The second-order valence-electron chi connectivity index (χ2n) is 5.53. The maximum atomic E-state index is 12.1. The van der Waals surface area contributed by atoms with Gasteiger partial charge in [0.05, 0.1) is 16.7 Å². The fourth-order valence-corrected chi connectivity index (χ4v) is 3.95. The number of hydrogen-bond donors (Lipinski definition) is 1. The molecule has 0 aliphatic heterocycles. The van der Waals surface area contributed by atoms with Crippen LogP contribution in [0.2, 0.25) is 0 Å². The van der Waals surface area contributed by atoms with Gasteiger partial charge in [0.1, 0.15) is 11.6 Å². The molecule has 0 amide bonds. The smallest absolute Gasteiger partial charge is 0.267 e. The zero-order valence-electron chi connectivity index (χ0n) is 12.6. The summed E-state index contributed by atoms with van der Waals surface area (Å²) in [5.74, 6) is 0.722. The highest BCUT2D eigenvalue weighted by Crippen LogP contribution is 2.31. The first-order valence-corrected chi connectivity index (χ1v) is 8.51. The van der Waals surface area contributed by atoms with Crippen LogP contribution in [0.25, 0.3) is 0 Å². The van der Waals surface area contributed by atoms with Gasteiger partial charge in [0.15, 0.2) is 0 Å². The summed E-state index contributed by atoms with van der Waals surface area (Å²) in [6.07, 6.45) is 3.85. The third-order valence-electron chi connectivity index (χ3n) is 4.08. The molecule has 0 saturated carbocycles. The molecule has 0 radical (unpaired) electrons. The molecule has 0 fully saturated rings. The minimum atomic E-state index is -0.282. The van der Waals surface area contributed by atoms with E-state index in [1.165, 1.54) is 0 Å². The van der Waals surface area contributed by atoms with Crippen LogP contribution >= 0.6 is 11.8 Å². The molecule has 1 heterocycles. The molecule has 1 aromatic carbocycles. The van der Waals surface area contributed by atoms with Gasteiger partial charge in [-0.05, 0) is 54.5 Å². The quantitative estimate of drug-likeness (QED) is 0.880. The summed E-state index contributed by atoms with van der Waals surface area (Å²) in [7, 11) is 0. The van der Waals surface area contributed by atoms with E-state index in [1.807, 2.05) is 12.1 Å². The number of nitrogens with one attached hydrogen (secondary N) is 1. The number of thioether (sulfide) groups is 1. The number of rotatable bonds is 3. The second-order valence-corrected chi connectivity index (χ2v) is 6.52. The van der Waals surface area contributed by atoms with Crippen molar-refractivity contribution in [1.29, 1.82) is 10.5 Å². The number of aromatic nitrogens is 1. The van der Waals surface area contributed by atoms with Crippen molar-refractivity contribution in [1.82, 2.24) is 4.98 Å². The number of nitriles is 2. The van der Waals surface area contributed by atoms with Crippen LogP contribution in [-0.2, 0) is 18.6 Å². The molecule has 114 valence electrons. The molecule has 4 nitrogen and oxygen atoms in total. The number of nitrogens with zero attached hydrogens (tertiary/aromatic N) is 2. The predicted octanol–water partition coefficient (Wildman–Crippen LogP) is 3.29. The standard InChI is InChI=1S/C18H15N3OS/c19-9-12-5-7-13(8-6-12)11-23-18-15-4-2-1-3-14(15)16(10-20)17(22)21-18/h5-8H,1-4,11H2,(H,21,22). The molecule has 1 aliphatic carbocycles. The highest BCUT2D eigenvalue weighted by molar-refractivity contribution is 7.98. The van der Waals surface area contributed by atoms with E-state index >= 15 is 0 Å². The average molecular weight is 321 g/mol. The highest BCUT2D eigenvalue weighted by Gasteiger charge is 2.20. The predicted molar refractivity (Wildman–Crippen MR) is 89.1 cm³/mol. The Bertz CT molecular complexity index is 869. The van der Waals surface area contributed by atoms with Gasteiger partial charge in [-0.15, -0.1) is 11.8 Å². The Morgan fingerprint density at radius 3 is 2.39 bits per heavy atom. The number of H-pyrrole nitrogens is 1. The zero-order valence-corrected chi connectivity index (χ0v) is 13.4. The second kappa shape index (κ2) is 6.73. The van der Waals surface area contributed by atoms with Gasteiger partial charge in [-0.1, -0.05) is 12.1 Å². The van der Waals surface area contributed by atoms with Crippen molar-refractivity contribution < 1.29 is 0 Å². The number of aromatic amines is 1. The van der Waals surface area contributed by atoms with Gasteiger partial charge in [0.25, 0.3) is 5.56 Å².